The molecule has 0 aromatic heterocycles. The fourth-order valence-corrected chi connectivity index (χ4v) is 2.30. The van der Waals surface area contributed by atoms with Gasteiger partial charge in [-0.2, -0.15) is 0 Å². The Bertz CT molecular complexity index is 293. The molecule has 1 atom stereocenters. The Labute approximate surface area is 109 Å². The first-order valence-corrected chi connectivity index (χ1v) is 6.92. The highest BCUT2D eigenvalue weighted by atomic mass is 16.4. The summed E-state index contributed by atoms with van der Waals surface area (Å²) in [6.45, 7) is 6.33. The van der Waals surface area contributed by atoms with Crippen molar-refractivity contribution in [1.29, 1.82) is 0 Å². The fourth-order valence-electron chi connectivity index (χ4n) is 2.30. The Kier molecular flexibility index (Phi) is 5.63. The van der Waals surface area contributed by atoms with Gasteiger partial charge in [0.2, 0.25) is 5.91 Å². The van der Waals surface area contributed by atoms with Crippen LogP contribution in [0.3, 0.4) is 0 Å². The molecule has 4 nitrogen and oxygen atoms in total. The highest BCUT2D eigenvalue weighted by Crippen LogP contribution is 2.24. The molecule has 2 N–H and O–H groups in total. The molecule has 18 heavy (non-hydrogen) atoms. The van der Waals surface area contributed by atoms with Gasteiger partial charge in [0.25, 0.3) is 0 Å². The van der Waals surface area contributed by atoms with E-state index < -0.39 is 5.97 Å². The van der Waals surface area contributed by atoms with Gasteiger partial charge in [-0.05, 0) is 37.5 Å². The number of carbonyl (C=O) groups excluding carboxylic acids is 1. The number of hydrogen-bond acceptors (Lipinski definition) is 2. The van der Waals surface area contributed by atoms with Gasteiger partial charge >= 0.3 is 5.97 Å². The van der Waals surface area contributed by atoms with Crippen LogP contribution in [0.4, 0.5) is 0 Å². The van der Waals surface area contributed by atoms with Crippen molar-refractivity contribution in [2.75, 3.05) is 0 Å². The second-order valence-electron chi connectivity index (χ2n) is 5.88. The van der Waals surface area contributed by atoms with Gasteiger partial charge in [-0.15, -0.1) is 0 Å². The number of rotatable bonds is 5. The molecule has 0 saturated heterocycles. The molecule has 0 bridgehead atoms. The summed E-state index contributed by atoms with van der Waals surface area (Å²) in [5.41, 5.74) is 0. The molecule has 1 unspecified atom stereocenters. The molecule has 1 saturated carbocycles. The Morgan fingerprint density at radius 3 is 2.17 bits per heavy atom. The topological polar surface area (TPSA) is 66.4 Å². The molecule has 104 valence electrons. The standard InChI is InChI=1S/C14H25NO3/c1-9(2)10(3)8-13(16)15-12-6-4-11(5-7-12)14(17)18/h9-12H,4-8H2,1-3H3,(H,15,16)(H,17,18). The lowest BCUT2D eigenvalue weighted by atomic mass is 9.86. The lowest BCUT2D eigenvalue weighted by Gasteiger charge is -2.27. The first-order valence-electron chi connectivity index (χ1n) is 6.92. The summed E-state index contributed by atoms with van der Waals surface area (Å²) >= 11 is 0. The quantitative estimate of drug-likeness (QED) is 0.793. The second kappa shape index (κ2) is 6.76. The summed E-state index contributed by atoms with van der Waals surface area (Å²) in [6, 6.07) is 0.174. The van der Waals surface area contributed by atoms with E-state index in [1.807, 2.05) is 0 Å². The van der Waals surface area contributed by atoms with E-state index in [0.717, 1.165) is 12.8 Å². The minimum Gasteiger partial charge on any atom is -0.481 e. The van der Waals surface area contributed by atoms with Crippen molar-refractivity contribution in [2.24, 2.45) is 17.8 Å². The molecule has 0 aromatic rings. The number of hydrogen-bond donors (Lipinski definition) is 2. The second-order valence-corrected chi connectivity index (χ2v) is 5.88. The van der Waals surface area contributed by atoms with Crippen molar-refractivity contribution >= 4 is 11.9 Å². The largest absolute Gasteiger partial charge is 0.481 e. The monoisotopic (exact) mass is 255 g/mol. The van der Waals surface area contributed by atoms with Crippen molar-refractivity contribution in [1.82, 2.24) is 5.32 Å². The van der Waals surface area contributed by atoms with Gasteiger partial charge in [-0.1, -0.05) is 20.8 Å². The number of carboxylic acid groups (broad SMARTS) is 1. The Morgan fingerprint density at radius 2 is 1.72 bits per heavy atom. The molecule has 1 aliphatic carbocycles. The van der Waals surface area contributed by atoms with Crippen LogP contribution in [0, 0.1) is 17.8 Å². The third-order valence-electron chi connectivity index (χ3n) is 4.09. The van der Waals surface area contributed by atoms with Gasteiger partial charge in [-0.25, -0.2) is 0 Å². The number of amides is 1. The van der Waals surface area contributed by atoms with E-state index >= 15 is 0 Å². The third-order valence-corrected chi connectivity index (χ3v) is 4.09. The molecule has 1 aliphatic rings. The Morgan fingerprint density at radius 1 is 1.17 bits per heavy atom. The minimum absolute atomic E-state index is 0.106. The maximum atomic E-state index is 11.8. The van der Waals surface area contributed by atoms with Gasteiger partial charge in [0.05, 0.1) is 5.92 Å². The molecule has 1 amide bonds. The van der Waals surface area contributed by atoms with E-state index in [-0.39, 0.29) is 17.9 Å². The molecular formula is C14H25NO3. The van der Waals surface area contributed by atoms with Crippen molar-refractivity contribution in [3.8, 4) is 0 Å². The van der Waals surface area contributed by atoms with Gasteiger partial charge in [0, 0.05) is 12.5 Å². The predicted octanol–water partition coefficient (Wildman–Crippen LogP) is 2.43. The van der Waals surface area contributed by atoms with Crippen LogP contribution >= 0.6 is 0 Å². The SMILES string of the molecule is CC(C)C(C)CC(=O)NC1CCC(C(=O)O)CC1. The fraction of sp³-hybridized carbons (Fsp3) is 0.857. The molecular weight excluding hydrogens is 230 g/mol. The van der Waals surface area contributed by atoms with E-state index in [0.29, 0.717) is 31.1 Å². The highest BCUT2D eigenvalue weighted by molar-refractivity contribution is 5.76. The zero-order chi connectivity index (χ0) is 13.7. The van der Waals surface area contributed by atoms with Crippen molar-refractivity contribution in [3.05, 3.63) is 0 Å². The molecule has 0 aliphatic heterocycles. The molecule has 1 fully saturated rings. The van der Waals surface area contributed by atoms with Crippen LogP contribution in [-0.4, -0.2) is 23.0 Å². The van der Waals surface area contributed by atoms with Crippen molar-refractivity contribution in [3.63, 3.8) is 0 Å². The van der Waals surface area contributed by atoms with Crippen LogP contribution in [-0.2, 0) is 9.59 Å². The lowest BCUT2D eigenvalue weighted by Crippen LogP contribution is -2.39. The van der Waals surface area contributed by atoms with Gasteiger partial charge in [0.15, 0.2) is 0 Å². The summed E-state index contributed by atoms with van der Waals surface area (Å²) in [5.74, 6) is 0.0924. The third kappa shape index (κ3) is 4.67. The Balaban J connectivity index is 2.28. The summed E-state index contributed by atoms with van der Waals surface area (Å²) in [4.78, 5) is 22.6. The first kappa shape index (κ1) is 15.0. The van der Waals surface area contributed by atoms with Gasteiger partial charge in [0.1, 0.15) is 0 Å². The van der Waals surface area contributed by atoms with Crippen LogP contribution in [0.1, 0.15) is 52.9 Å². The van der Waals surface area contributed by atoms with E-state index in [2.05, 4.69) is 26.1 Å². The summed E-state index contributed by atoms with van der Waals surface area (Å²) in [7, 11) is 0. The average molecular weight is 255 g/mol. The zero-order valence-electron chi connectivity index (χ0n) is 11.6. The number of carbonyl (C=O) groups is 2. The van der Waals surface area contributed by atoms with Crippen LogP contribution in [0.2, 0.25) is 0 Å². The van der Waals surface area contributed by atoms with Crippen LogP contribution in [0.25, 0.3) is 0 Å². The van der Waals surface area contributed by atoms with Crippen LogP contribution < -0.4 is 5.32 Å². The lowest BCUT2D eigenvalue weighted by molar-refractivity contribution is -0.142. The van der Waals surface area contributed by atoms with Gasteiger partial charge < -0.3 is 10.4 Å². The maximum Gasteiger partial charge on any atom is 0.306 e. The van der Waals surface area contributed by atoms with E-state index in [1.54, 1.807) is 0 Å². The predicted molar refractivity (Wildman–Crippen MR) is 70.1 cm³/mol. The molecule has 0 radical (unpaired) electrons. The zero-order valence-corrected chi connectivity index (χ0v) is 11.6. The number of carboxylic acids is 1. The molecule has 0 heterocycles. The molecule has 0 spiro atoms. The maximum absolute atomic E-state index is 11.8. The summed E-state index contributed by atoms with van der Waals surface area (Å²) in [5, 5.41) is 11.9. The number of nitrogens with one attached hydrogen (secondary N) is 1. The highest BCUT2D eigenvalue weighted by Gasteiger charge is 2.26. The summed E-state index contributed by atoms with van der Waals surface area (Å²) in [6.07, 6.45) is 3.51. The average Bonchev–Trinajstić information content (AvgIpc) is 2.29. The van der Waals surface area contributed by atoms with Crippen molar-refractivity contribution in [2.45, 2.75) is 58.9 Å². The molecule has 1 rings (SSSR count). The molecule has 0 aromatic carbocycles. The minimum atomic E-state index is -0.701. The van der Waals surface area contributed by atoms with Gasteiger partial charge in [-0.3, -0.25) is 9.59 Å². The smallest absolute Gasteiger partial charge is 0.306 e. The van der Waals surface area contributed by atoms with E-state index in [4.69, 9.17) is 5.11 Å². The van der Waals surface area contributed by atoms with E-state index in [9.17, 15) is 9.59 Å². The normalized spacial score (nSPS) is 25.8. The van der Waals surface area contributed by atoms with Crippen LogP contribution in [0.15, 0.2) is 0 Å². The van der Waals surface area contributed by atoms with Crippen molar-refractivity contribution < 1.29 is 14.7 Å². The van der Waals surface area contributed by atoms with E-state index in [1.165, 1.54) is 0 Å². The molecule has 4 heteroatoms. The summed E-state index contributed by atoms with van der Waals surface area (Å²) < 4.78 is 0. The first-order chi connectivity index (χ1) is 8.40. The number of aliphatic carboxylic acids is 1. The van der Waals surface area contributed by atoms with Crippen LogP contribution in [0.5, 0.6) is 0 Å². The Hall–Kier alpha value is -1.06.